The van der Waals surface area contributed by atoms with Crippen LogP contribution in [0.3, 0.4) is 0 Å². The number of nitrogens with one attached hydrogen (secondary N) is 1. The van der Waals surface area contributed by atoms with E-state index < -0.39 is 16.8 Å². The molecule has 0 aromatic heterocycles. The molecule has 2 aromatic carbocycles. The van der Waals surface area contributed by atoms with Crippen molar-refractivity contribution in [2.75, 3.05) is 18.5 Å². The van der Waals surface area contributed by atoms with Gasteiger partial charge in [0.25, 0.3) is 11.6 Å². The Morgan fingerprint density at radius 1 is 1.08 bits per heavy atom. The van der Waals surface area contributed by atoms with Crippen molar-refractivity contribution in [1.29, 1.82) is 0 Å². The summed E-state index contributed by atoms with van der Waals surface area (Å²) in [6.45, 7) is 4.04. The van der Waals surface area contributed by atoms with Gasteiger partial charge in [-0.05, 0) is 38.1 Å². The van der Waals surface area contributed by atoms with Crippen LogP contribution in [0.5, 0.6) is 5.75 Å². The standard InChI is InChI=1S/C18H18N2O6/c1-3-25-16-11-13(18(22)26-4-2)8-9-15(16)19-17(21)12-6-5-7-14(10-12)20(23)24/h5-11H,3-4H2,1-2H3,(H,19,21). The molecule has 1 amide bonds. The highest BCUT2D eigenvalue weighted by atomic mass is 16.6. The first-order valence-electron chi connectivity index (χ1n) is 7.96. The number of esters is 1. The number of carbonyl (C=O) groups is 2. The zero-order valence-electron chi connectivity index (χ0n) is 14.4. The Balaban J connectivity index is 2.27. The molecule has 0 atom stereocenters. The van der Waals surface area contributed by atoms with Crippen LogP contribution in [0.15, 0.2) is 42.5 Å². The van der Waals surface area contributed by atoms with E-state index in [0.29, 0.717) is 23.6 Å². The molecule has 8 nitrogen and oxygen atoms in total. The van der Waals surface area contributed by atoms with Gasteiger partial charge in [-0.15, -0.1) is 0 Å². The van der Waals surface area contributed by atoms with Crippen molar-refractivity contribution in [3.8, 4) is 5.75 Å². The predicted octanol–water partition coefficient (Wildman–Crippen LogP) is 3.42. The van der Waals surface area contributed by atoms with Gasteiger partial charge in [0.15, 0.2) is 0 Å². The Kier molecular flexibility index (Phi) is 6.26. The van der Waals surface area contributed by atoms with Crippen LogP contribution in [0, 0.1) is 10.1 Å². The summed E-state index contributed by atoms with van der Waals surface area (Å²) < 4.78 is 10.4. The molecule has 0 spiro atoms. The van der Waals surface area contributed by atoms with Crippen LogP contribution in [0.2, 0.25) is 0 Å². The summed E-state index contributed by atoms with van der Waals surface area (Å²) in [4.78, 5) is 34.5. The highest BCUT2D eigenvalue weighted by Gasteiger charge is 2.16. The maximum absolute atomic E-state index is 12.4. The van der Waals surface area contributed by atoms with E-state index in [9.17, 15) is 19.7 Å². The molecule has 0 aliphatic carbocycles. The van der Waals surface area contributed by atoms with Gasteiger partial charge >= 0.3 is 5.97 Å². The van der Waals surface area contributed by atoms with Gasteiger partial charge in [0.05, 0.1) is 29.4 Å². The third-order valence-electron chi connectivity index (χ3n) is 3.36. The van der Waals surface area contributed by atoms with Crippen LogP contribution >= 0.6 is 0 Å². The summed E-state index contributed by atoms with van der Waals surface area (Å²) in [6, 6.07) is 9.88. The number of anilines is 1. The van der Waals surface area contributed by atoms with E-state index in [4.69, 9.17) is 9.47 Å². The molecular formula is C18H18N2O6. The summed E-state index contributed by atoms with van der Waals surface area (Å²) in [5.74, 6) is -0.722. The maximum Gasteiger partial charge on any atom is 0.338 e. The fraction of sp³-hybridized carbons (Fsp3) is 0.222. The first-order valence-corrected chi connectivity index (χ1v) is 7.96. The monoisotopic (exact) mass is 358 g/mol. The lowest BCUT2D eigenvalue weighted by Gasteiger charge is -2.13. The van der Waals surface area contributed by atoms with Crippen LogP contribution in [-0.4, -0.2) is 30.0 Å². The number of nitro groups is 1. The number of carbonyl (C=O) groups excluding carboxylic acids is 2. The van der Waals surface area contributed by atoms with Crippen molar-refractivity contribution in [3.05, 3.63) is 63.7 Å². The Morgan fingerprint density at radius 3 is 2.50 bits per heavy atom. The molecule has 0 bridgehead atoms. The van der Waals surface area contributed by atoms with E-state index in [2.05, 4.69) is 5.32 Å². The van der Waals surface area contributed by atoms with Crippen molar-refractivity contribution in [2.24, 2.45) is 0 Å². The zero-order chi connectivity index (χ0) is 19.1. The molecule has 2 rings (SSSR count). The van der Waals surface area contributed by atoms with Crippen LogP contribution < -0.4 is 10.1 Å². The summed E-state index contributed by atoms with van der Waals surface area (Å²) in [5, 5.41) is 13.5. The van der Waals surface area contributed by atoms with Crippen molar-refractivity contribution < 1.29 is 24.0 Å². The number of hydrogen-bond donors (Lipinski definition) is 1. The number of hydrogen-bond acceptors (Lipinski definition) is 6. The van der Waals surface area contributed by atoms with Gasteiger partial charge in [0, 0.05) is 17.7 Å². The number of non-ortho nitro benzene ring substituents is 1. The fourth-order valence-electron chi connectivity index (χ4n) is 2.20. The van der Waals surface area contributed by atoms with Crippen LogP contribution in [0.25, 0.3) is 0 Å². The molecule has 0 aliphatic heterocycles. The summed E-state index contributed by atoms with van der Waals surface area (Å²) in [7, 11) is 0. The van der Waals surface area contributed by atoms with E-state index in [-0.39, 0.29) is 17.9 Å². The number of nitrogens with zero attached hydrogens (tertiary/aromatic N) is 1. The Labute approximate surface area is 149 Å². The lowest BCUT2D eigenvalue weighted by atomic mass is 10.1. The first kappa shape index (κ1) is 18.9. The molecule has 136 valence electrons. The minimum Gasteiger partial charge on any atom is -0.492 e. The number of amides is 1. The predicted molar refractivity (Wildman–Crippen MR) is 94.6 cm³/mol. The van der Waals surface area contributed by atoms with Crippen LogP contribution in [0.1, 0.15) is 34.6 Å². The average molecular weight is 358 g/mol. The normalized spacial score (nSPS) is 10.1. The molecule has 0 aliphatic rings. The van der Waals surface area contributed by atoms with Gasteiger partial charge in [-0.25, -0.2) is 4.79 Å². The molecule has 8 heteroatoms. The van der Waals surface area contributed by atoms with Gasteiger partial charge in [-0.3, -0.25) is 14.9 Å². The minimum absolute atomic E-state index is 0.135. The van der Waals surface area contributed by atoms with Crippen LogP contribution in [-0.2, 0) is 4.74 Å². The Hall–Kier alpha value is -3.42. The Morgan fingerprint density at radius 2 is 1.85 bits per heavy atom. The van der Waals surface area contributed by atoms with Gasteiger partial charge in [-0.1, -0.05) is 6.07 Å². The topological polar surface area (TPSA) is 108 Å². The van der Waals surface area contributed by atoms with Crippen molar-refractivity contribution in [2.45, 2.75) is 13.8 Å². The molecule has 26 heavy (non-hydrogen) atoms. The van der Waals surface area contributed by atoms with E-state index >= 15 is 0 Å². The molecule has 0 fully saturated rings. The smallest absolute Gasteiger partial charge is 0.338 e. The minimum atomic E-state index is -0.573. The van der Waals surface area contributed by atoms with E-state index in [1.54, 1.807) is 13.8 Å². The van der Waals surface area contributed by atoms with E-state index in [0.717, 1.165) is 0 Å². The molecule has 0 radical (unpaired) electrons. The number of nitro benzene ring substituents is 1. The second-order valence-corrected chi connectivity index (χ2v) is 5.13. The molecule has 2 aromatic rings. The summed E-state index contributed by atoms with van der Waals surface area (Å²) in [6.07, 6.45) is 0. The number of rotatable bonds is 7. The molecule has 0 saturated heterocycles. The van der Waals surface area contributed by atoms with E-state index in [1.807, 2.05) is 0 Å². The van der Waals surface area contributed by atoms with Gasteiger partial charge in [0.2, 0.25) is 0 Å². The molecular weight excluding hydrogens is 340 g/mol. The van der Waals surface area contributed by atoms with Gasteiger partial charge in [-0.2, -0.15) is 0 Å². The quantitative estimate of drug-likeness (QED) is 0.461. The van der Waals surface area contributed by atoms with Crippen molar-refractivity contribution in [3.63, 3.8) is 0 Å². The van der Waals surface area contributed by atoms with E-state index in [1.165, 1.54) is 42.5 Å². The second-order valence-electron chi connectivity index (χ2n) is 5.13. The first-order chi connectivity index (χ1) is 12.5. The lowest BCUT2D eigenvalue weighted by Crippen LogP contribution is -2.14. The SMILES string of the molecule is CCOC(=O)c1ccc(NC(=O)c2cccc([N+](=O)[O-])c2)c(OCC)c1. The Bertz CT molecular complexity index is 834. The molecule has 0 heterocycles. The number of benzene rings is 2. The highest BCUT2D eigenvalue weighted by molar-refractivity contribution is 6.05. The maximum atomic E-state index is 12.4. The third kappa shape index (κ3) is 4.56. The lowest BCUT2D eigenvalue weighted by molar-refractivity contribution is -0.384. The fourth-order valence-corrected chi connectivity index (χ4v) is 2.20. The van der Waals surface area contributed by atoms with Crippen molar-refractivity contribution in [1.82, 2.24) is 0 Å². The molecule has 0 saturated carbocycles. The van der Waals surface area contributed by atoms with Crippen molar-refractivity contribution >= 4 is 23.3 Å². The average Bonchev–Trinajstić information content (AvgIpc) is 2.63. The van der Waals surface area contributed by atoms with Gasteiger partial charge in [0.1, 0.15) is 5.75 Å². The largest absolute Gasteiger partial charge is 0.492 e. The zero-order valence-corrected chi connectivity index (χ0v) is 14.4. The molecule has 1 N–H and O–H groups in total. The highest BCUT2D eigenvalue weighted by Crippen LogP contribution is 2.27. The second kappa shape index (κ2) is 8.61. The van der Waals surface area contributed by atoms with Gasteiger partial charge < -0.3 is 14.8 Å². The summed E-state index contributed by atoms with van der Waals surface area (Å²) in [5.41, 5.74) is 0.594. The molecule has 0 unspecified atom stereocenters. The third-order valence-corrected chi connectivity index (χ3v) is 3.36. The summed E-state index contributed by atoms with van der Waals surface area (Å²) >= 11 is 0. The van der Waals surface area contributed by atoms with Crippen LogP contribution in [0.4, 0.5) is 11.4 Å². The number of ether oxygens (including phenoxy) is 2.